The van der Waals surface area contributed by atoms with E-state index in [2.05, 4.69) is 0 Å². The lowest BCUT2D eigenvalue weighted by atomic mass is 10.1. The summed E-state index contributed by atoms with van der Waals surface area (Å²) in [5.74, 6) is -0.477. The summed E-state index contributed by atoms with van der Waals surface area (Å²) < 4.78 is 18.2. The Morgan fingerprint density at radius 2 is 2.33 bits per heavy atom. The van der Waals surface area contributed by atoms with Crippen LogP contribution < -0.4 is 5.73 Å². The van der Waals surface area contributed by atoms with Crippen LogP contribution >= 0.6 is 12.2 Å². The van der Waals surface area contributed by atoms with Gasteiger partial charge in [-0.05, 0) is 17.7 Å². The summed E-state index contributed by atoms with van der Waals surface area (Å²) in [7, 11) is 0. The second kappa shape index (κ2) is 5.41. The zero-order valence-corrected chi connectivity index (χ0v) is 10.5. The molecule has 1 aromatic rings. The van der Waals surface area contributed by atoms with Crippen LogP contribution in [0.2, 0.25) is 0 Å². The number of thiocarbonyl (C=S) groups is 1. The van der Waals surface area contributed by atoms with Gasteiger partial charge in [0.2, 0.25) is 5.91 Å². The zero-order valence-electron chi connectivity index (χ0n) is 9.69. The van der Waals surface area contributed by atoms with Crippen LogP contribution in [0.3, 0.4) is 0 Å². The smallest absolute Gasteiger partial charge is 0.248 e. The van der Waals surface area contributed by atoms with E-state index in [1.54, 1.807) is 11.0 Å². The van der Waals surface area contributed by atoms with Gasteiger partial charge in [0.25, 0.3) is 0 Å². The highest BCUT2D eigenvalue weighted by Gasteiger charge is 2.20. The molecule has 1 fully saturated rings. The second-order valence-corrected chi connectivity index (χ2v) is 4.47. The molecule has 1 aromatic carbocycles. The second-order valence-electron chi connectivity index (χ2n) is 4.03. The van der Waals surface area contributed by atoms with Gasteiger partial charge in [-0.15, -0.1) is 0 Å². The molecular formula is C12H13FN2O2S. The van der Waals surface area contributed by atoms with Gasteiger partial charge in [0, 0.05) is 18.7 Å². The van der Waals surface area contributed by atoms with E-state index in [0.29, 0.717) is 25.3 Å². The standard InChI is InChI=1S/C12H13FN2O2S/c13-9-2-1-8(10(5-9)12(14)18)6-15-3-4-17-7-11(15)16/h1-2,5H,3-4,6-7H2,(H2,14,18). The van der Waals surface area contributed by atoms with Gasteiger partial charge >= 0.3 is 0 Å². The minimum absolute atomic E-state index is 0.0838. The van der Waals surface area contributed by atoms with Gasteiger partial charge in [0.05, 0.1) is 6.61 Å². The molecule has 4 nitrogen and oxygen atoms in total. The average molecular weight is 268 g/mol. The van der Waals surface area contributed by atoms with Gasteiger partial charge in [0.15, 0.2) is 0 Å². The molecule has 1 aliphatic rings. The quantitative estimate of drug-likeness (QED) is 0.825. The number of rotatable bonds is 3. The van der Waals surface area contributed by atoms with E-state index in [-0.39, 0.29) is 17.5 Å². The predicted octanol–water partition coefficient (Wildman–Crippen LogP) is 0.819. The van der Waals surface area contributed by atoms with Crippen molar-refractivity contribution in [3.05, 3.63) is 35.1 Å². The number of carbonyl (C=O) groups excluding carboxylic acids is 1. The topological polar surface area (TPSA) is 55.6 Å². The Kier molecular flexibility index (Phi) is 3.88. The third kappa shape index (κ3) is 2.83. The fraction of sp³-hybridized carbons (Fsp3) is 0.333. The van der Waals surface area contributed by atoms with E-state index >= 15 is 0 Å². The molecule has 18 heavy (non-hydrogen) atoms. The first-order valence-corrected chi connectivity index (χ1v) is 5.92. The molecule has 0 atom stereocenters. The van der Waals surface area contributed by atoms with Gasteiger partial charge in [-0.2, -0.15) is 0 Å². The lowest BCUT2D eigenvalue weighted by Crippen LogP contribution is -2.41. The van der Waals surface area contributed by atoms with Crippen LogP contribution in [0.5, 0.6) is 0 Å². The Labute approximate surface area is 110 Å². The minimum Gasteiger partial charge on any atom is -0.389 e. The van der Waals surface area contributed by atoms with Gasteiger partial charge in [-0.25, -0.2) is 4.39 Å². The highest BCUT2D eigenvalue weighted by atomic mass is 32.1. The number of carbonyl (C=O) groups is 1. The van der Waals surface area contributed by atoms with E-state index < -0.39 is 5.82 Å². The monoisotopic (exact) mass is 268 g/mol. The van der Waals surface area contributed by atoms with Crippen LogP contribution in [0.25, 0.3) is 0 Å². The van der Waals surface area contributed by atoms with Gasteiger partial charge in [-0.1, -0.05) is 18.3 Å². The Morgan fingerprint density at radius 1 is 1.56 bits per heavy atom. The summed E-state index contributed by atoms with van der Waals surface area (Å²) in [6.07, 6.45) is 0. The molecule has 1 amide bonds. The van der Waals surface area contributed by atoms with Crippen molar-refractivity contribution in [1.29, 1.82) is 0 Å². The highest BCUT2D eigenvalue weighted by molar-refractivity contribution is 7.80. The Hall–Kier alpha value is -1.53. The SMILES string of the molecule is NC(=S)c1cc(F)ccc1CN1CCOCC1=O. The summed E-state index contributed by atoms with van der Waals surface area (Å²) in [5.41, 5.74) is 6.79. The number of hydrogen-bond donors (Lipinski definition) is 1. The first kappa shape index (κ1) is 12.9. The average Bonchev–Trinajstić information content (AvgIpc) is 2.34. The van der Waals surface area contributed by atoms with Gasteiger partial charge < -0.3 is 15.4 Å². The molecule has 2 rings (SSSR count). The molecule has 0 aromatic heterocycles. The number of hydrogen-bond acceptors (Lipinski definition) is 3. The largest absolute Gasteiger partial charge is 0.389 e. The number of nitrogens with zero attached hydrogens (tertiary/aromatic N) is 1. The van der Waals surface area contributed by atoms with E-state index in [0.717, 1.165) is 5.56 Å². The van der Waals surface area contributed by atoms with Crippen molar-refractivity contribution in [1.82, 2.24) is 4.90 Å². The van der Waals surface area contributed by atoms with Crippen molar-refractivity contribution in [2.24, 2.45) is 5.73 Å². The van der Waals surface area contributed by atoms with Gasteiger partial charge in [0.1, 0.15) is 17.4 Å². The van der Waals surface area contributed by atoms with Crippen molar-refractivity contribution >= 4 is 23.1 Å². The summed E-state index contributed by atoms with van der Waals surface area (Å²) >= 11 is 4.89. The fourth-order valence-electron chi connectivity index (χ4n) is 1.84. The minimum atomic E-state index is -0.394. The Morgan fingerprint density at radius 3 is 3.00 bits per heavy atom. The molecule has 1 aliphatic heterocycles. The number of morpholine rings is 1. The lowest BCUT2D eigenvalue weighted by Gasteiger charge is -2.27. The van der Waals surface area contributed by atoms with Crippen LogP contribution in [-0.4, -0.2) is 35.6 Å². The van der Waals surface area contributed by atoms with E-state index in [1.807, 2.05) is 0 Å². The molecule has 0 spiro atoms. The predicted molar refractivity (Wildman–Crippen MR) is 68.5 cm³/mol. The van der Waals surface area contributed by atoms with Crippen LogP contribution in [0, 0.1) is 5.82 Å². The molecule has 6 heteroatoms. The molecular weight excluding hydrogens is 255 g/mol. The summed E-state index contributed by atoms with van der Waals surface area (Å²) in [6, 6.07) is 4.23. The lowest BCUT2D eigenvalue weighted by molar-refractivity contribution is -0.143. The van der Waals surface area contributed by atoms with Crippen LogP contribution in [0.15, 0.2) is 18.2 Å². The van der Waals surface area contributed by atoms with Crippen molar-refractivity contribution < 1.29 is 13.9 Å². The van der Waals surface area contributed by atoms with Crippen LogP contribution in [0.1, 0.15) is 11.1 Å². The summed E-state index contributed by atoms with van der Waals surface area (Å²) in [4.78, 5) is 13.4. The summed E-state index contributed by atoms with van der Waals surface area (Å²) in [6.45, 7) is 1.49. The molecule has 0 bridgehead atoms. The molecule has 0 radical (unpaired) electrons. The third-order valence-corrected chi connectivity index (χ3v) is 3.00. The Balaban J connectivity index is 2.22. The van der Waals surface area contributed by atoms with E-state index in [9.17, 15) is 9.18 Å². The van der Waals surface area contributed by atoms with Crippen molar-refractivity contribution in [2.75, 3.05) is 19.8 Å². The summed E-state index contributed by atoms with van der Waals surface area (Å²) in [5, 5.41) is 0. The Bertz CT molecular complexity index is 493. The molecule has 0 unspecified atom stereocenters. The van der Waals surface area contributed by atoms with Crippen molar-refractivity contribution in [2.45, 2.75) is 6.54 Å². The number of benzene rings is 1. The number of amides is 1. The van der Waals surface area contributed by atoms with Crippen molar-refractivity contribution in [3.8, 4) is 0 Å². The molecule has 2 N–H and O–H groups in total. The number of nitrogens with two attached hydrogens (primary N) is 1. The normalized spacial score (nSPS) is 15.8. The van der Waals surface area contributed by atoms with Crippen molar-refractivity contribution in [3.63, 3.8) is 0 Å². The first-order valence-electron chi connectivity index (χ1n) is 5.51. The zero-order chi connectivity index (χ0) is 13.1. The fourth-order valence-corrected chi connectivity index (χ4v) is 2.03. The maximum atomic E-state index is 13.1. The molecule has 1 heterocycles. The molecule has 0 saturated carbocycles. The first-order chi connectivity index (χ1) is 8.58. The molecule has 0 aliphatic carbocycles. The third-order valence-electron chi connectivity index (χ3n) is 2.78. The van der Waals surface area contributed by atoms with Crippen LogP contribution in [0.4, 0.5) is 4.39 Å². The highest BCUT2D eigenvalue weighted by Crippen LogP contribution is 2.15. The maximum Gasteiger partial charge on any atom is 0.248 e. The van der Waals surface area contributed by atoms with E-state index in [1.165, 1.54) is 12.1 Å². The van der Waals surface area contributed by atoms with Crippen LogP contribution in [-0.2, 0) is 16.1 Å². The number of ether oxygens (including phenoxy) is 1. The molecule has 96 valence electrons. The maximum absolute atomic E-state index is 13.1. The van der Waals surface area contributed by atoms with Gasteiger partial charge in [-0.3, -0.25) is 4.79 Å². The number of halogens is 1. The van der Waals surface area contributed by atoms with E-state index in [4.69, 9.17) is 22.7 Å². The molecule has 1 saturated heterocycles.